The molecular weight excluding hydrogens is 332 g/mol. The van der Waals surface area contributed by atoms with E-state index in [0.717, 1.165) is 11.8 Å². The highest BCUT2D eigenvalue weighted by Gasteiger charge is 2.01. The minimum absolute atomic E-state index is 0.583. The second-order valence-corrected chi connectivity index (χ2v) is 5.74. The second kappa shape index (κ2) is 8.02. The Hall–Kier alpha value is -0.150. The van der Waals surface area contributed by atoms with Gasteiger partial charge in [0.25, 0.3) is 0 Å². The van der Waals surface area contributed by atoms with Crippen LogP contribution in [0, 0.1) is 0 Å². The van der Waals surface area contributed by atoms with Crippen LogP contribution in [0.1, 0.15) is 30.4 Å². The molecule has 0 bridgehead atoms. The van der Waals surface area contributed by atoms with Crippen LogP contribution in [0.25, 0.3) is 0 Å². The molecule has 0 aromatic heterocycles. The number of hydrogen-bond donors (Lipinski definition) is 0. The van der Waals surface area contributed by atoms with Gasteiger partial charge in [0.05, 0.1) is 0 Å². The number of hydrogen-bond acceptors (Lipinski definition) is 1. The van der Waals surface area contributed by atoms with E-state index >= 15 is 0 Å². The zero-order valence-corrected chi connectivity index (χ0v) is 12.3. The van der Waals surface area contributed by atoms with Crippen molar-refractivity contribution < 1.29 is 4.79 Å². The maximum Gasteiger partial charge on any atom is 0.233 e. The van der Waals surface area contributed by atoms with E-state index < -0.39 is 0 Å². The topological polar surface area (TPSA) is 17.1 Å². The maximum atomic E-state index is 10.4. The Balaban J connectivity index is 2.24. The van der Waals surface area contributed by atoms with Crippen LogP contribution in [-0.4, -0.2) is 16.4 Å². The predicted molar refractivity (Wildman–Crippen MR) is 75.3 cm³/mol. The quantitative estimate of drug-likeness (QED) is 0.538. The molecule has 0 aliphatic carbocycles. The van der Waals surface area contributed by atoms with Gasteiger partial charge in [-0.2, -0.15) is 0 Å². The van der Waals surface area contributed by atoms with Crippen LogP contribution >= 0.6 is 31.9 Å². The van der Waals surface area contributed by atoms with E-state index in [9.17, 15) is 4.79 Å². The van der Waals surface area contributed by atoms with E-state index in [0.29, 0.717) is 10.4 Å². The van der Waals surface area contributed by atoms with E-state index in [1.807, 2.05) is 30.6 Å². The van der Waals surface area contributed by atoms with Gasteiger partial charge in [-0.25, -0.2) is 0 Å². The summed E-state index contributed by atoms with van der Waals surface area (Å²) in [5.74, 6) is 0. The Morgan fingerprint density at radius 3 is 2.44 bits per heavy atom. The largest absolute Gasteiger partial charge is 0.285 e. The molecular formula is C13H15Br2O. The Labute approximate surface area is 114 Å². The first-order valence-electron chi connectivity index (χ1n) is 5.43. The van der Waals surface area contributed by atoms with Crippen LogP contribution in [0.2, 0.25) is 0 Å². The summed E-state index contributed by atoms with van der Waals surface area (Å²) in [6.07, 6.45) is 6.59. The molecule has 0 saturated carbocycles. The molecule has 1 unspecified atom stereocenters. The molecule has 0 aliphatic rings. The average Bonchev–Trinajstić information content (AvgIpc) is 2.35. The van der Waals surface area contributed by atoms with Crippen LogP contribution in [0.4, 0.5) is 0 Å². The van der Waals surface area contributed by atoms with Crippen molar-refractivity contribution in [1.82, 2.24) is 0 Å². The highest BCUT2D eigenvalue weighted by atomic mass is 79.9. The summed E-state index contributed by atoms with van der Waals surface area (Å²) in [5.41, 5.74) is 1.92. The van der Waals surface area contributed by atoms with Gasteiger partial charge in [-0.05, 0) is 24.8 Å². The average molecular weight is 347 g/mol. The Bertz CT molecular complexity index is 308. The van der Waals surface area contributed by atoms with E-state index in [2.05, 4.69) is 31.9 Å². The van der Waals surface area contributed by atoms with Gasteiger partial charge in [-0.3, -0.25) is 4.79 Å². The predicted octanol–water partition coefficient (Wildman–Crippen LogP) is 4.02. The standard InChI is InChI=1S/C13H15Br2O/c14-9-13(15)4-2-1-3-11-5-7-12(10-16)8-6-11/h5-8,13H,1-4,9H2. The van der Waals surface area contributed by atoms with Gasteiger partial charge in [-0.1, -0.05) is 62.5 Å². The van der Waals surface area contributed by atoms with Crippen molar-refractivity contribution in [2.75, 3.05) is 5.33 Å². The lowest BCUT2D eigenvalue weighted by molar-refractivity contribution is 0.562. The molecule has 1 rings (SSSR count). The minimum atomic E-state index is 0.583. The van der Waals surface area contributed by atoms with Gasteiger partial charge in [0.15, 0.2) is 0 Å². The van der Waals surface area contributed by atoms with Gasteiger partial charge in [0.1, 0.15) is 0 Å². The fraction of sp³-hybridized carbons (Fsp3) is 0.462. The van der Waals surface area contributed by atoms with E-state index in [1.54, 1.807) is 0 Å². The van der Waals surface area contributed by atoms with Gasteiger partial charge in [-0.15, -0.1) is 0 Å². The molecule has 1 aromatic rings. The van der Waals surface area contributed by atoms with E-state index in [-0.39, 0.29) is 0 Å². The molecule has 0 aliphatic heterocycles. The fourth-order valence-corrected chi connectivity index (χ4v) is 2.16. The minimum Gasteiger partial charge on any atom is -0.285 e. The van der Waals surface area contributed by atoms with Crippen molar-refractivity contribution in [3.63, 3.8) is 0 Å². The third-order valence-electron chi connectivity index (χ3n) is 2.47. The van der Waals surface area contributed by atoms with Gasteiger partial charge in [0.2, 0.25) is 6.29 Å². The van der Waals surface area contributed by atoms with Crippen molar-refractivity contribution in [1.29, 1.82) is 0 Å². The summed E-state index contributed by atoms with van der Waals surface area (Å²) in [7, 11) is 0. The van der Waals surface area contributed by atoms with E-state index in [4.69, 9.17) is 0 Å². The highest BCUT2D eigenvalue weighted by Crippen LogP contribution is 2.14. The molecule has 0 amide bonds. The van der Waals surface area contributed by atoms with Crippen molar-refractivity contribution in [3.8, 4) is 0 Å². The number of alkyl halides is 2. The number of halogens is 2. The Morgan fingerprint density at radius 1 is 1.19 bits per heavy atom. The van der Waals surface area contributed by atoms with Crippen LogP contribution in [-0.2, 0) is 11.2 Å². The van der Waals surface area contributed by atoms with Gasteiger partial charge >= 0.3 is 0 Å². The summed E-state index contributed by atoms with van der Waals surface area (Å²) in [6, 6.07) is 7.68. The number of rotatable bonds is 7. The van der Waals surface area contributed by atoms with Gasteiger partial charge in [0, 0.05) is 15.7 Å². The fourth-order valence-electron chi connectivity index (χ4n) is 1.51. The third-order valence-corrected chi connectivity index (χ3v) is 4.90. The summed E-state index contributed by atoms with van der Waals surface area (Å²) in [6.45, 7) is 0. The monoisotopic (exact) mass is 345 g/mol. The van der Waals surface area contributed by atoms with Crippen molar-refractivity contribution >= 4 is 38.1 Å². The first kappa shape index (κ1) is 13.9. The smallest absolute Gasteiger partial charge is 0.233 e. The van der Waals surface area contributed by atoms with E-state index in [1.165, 1.54) is 24.8 Å². The molecule has 0 N–H and O–H groups in total. The second-order valence-electron chi connectivity index (χ2n) is 3.80. The lowest BCUT2D eigenvalue weighted by Gasteiger charge is -2.05. The molecule has 1 nitrogen and oxygen atoms in total. The number of carbonyl (C=O) groups excluding carboxylic acids is 1. The Kier molecular flexibility index (Phi) is 6.97. The molecule has 87 valence electrons. The first-order chi connectivity index (χ1) is 7.76. The lowest BCUT2D eigenvalue weighted by atomic mass is 10.1. The van der Waals surface area contributed by atoms with Crippen molar-refractivity contribution in [2.45, 2.75) is 30.5 Å². The molecule has 16 heavy (non-hydrogen) atoms. The molecule has 0 saturated heterocycles. The number of benzene rings is 1. The summed E-state index contributed by atoms with van der Waals surface area (Å²) in [4.78, 5) is 10.9. The van der Waals surface area contributed by atoms with Crippen molar-refractivity contribution in [3.05, 3.63) is 35.4 Å². The number of aryl methyl sites for hydroxylation is 1. The molecule has 0 fully saturated rings. The molecule has 0 spiro atoms. The zero-order chi connectivity index (χ0) is 11.8. The summed E-state index contributed by atoms with van der Waals surface area (Å²) in [5, 5.41) is 1.01. The maximum absolute atomic E-state index is 10.4. The third kappa shape index (κ3) is 5.26. The highest BCUT2D eigenvalue weighted by molar-refractivity contribution is 9.12. The molecule has 1 aromatic carbocycles. The summed E-state index contributed by atoms with van der Waals surface area (Å²) < 4.78 is 0. The molecule has 0 heterocycles. The SMILES string of the molecule is O=[C]c1ccc(CCCCC(Br)CBr)cc1. The summed E-state index contributed by atoms with van der Waals surface area (Å²) >= 11 is 7.04. The first-order valence-corrected chi connectivity index (χ1v) is 7.47. The molecule has 1 radical (unpaired) electrons. The normalized spacial score (nSPS) is 12.4. The molecule has 3 heteroatoms. The Morgan fingerprint density at radius 2 is 1.88 bits per heavy atom. The number of unbranched alkanes of at least 4 members (excludes halogenated alkanes) is 1. The van der Waals surface area contributed by atoms with Crippen molar-refractivity contribution in [2.24, 2.45) is 0 Å². The molecule has 1 atom stereocenters. The zero-order valence-electron chi connectivity index (χ0n) is 9.09. The van der Waals surface area contributed by atoms with Crippen LogP contribution in [0.3, 0.4) is 0 Å². The van der Waals surface area contributed by atoms with Crippen LogP contribution in [0.15, 0.2) is 24.3 Å². The van der Waals surface area contributed by atoms with Gasteiger partial charge < -0.3 is 0 Å². The lowest BCUT2D eigenvalue weighted by Crippen LogP contribution is -1.98. The van der Waals surface area contributed by atoms with Crippen LogP contribution < -0.4 is 0 Å². The van der Waals surface area contributed by atoms with Crippen LogP contribution in [0.5, 0.6) is 0 Å².